The number of carbonyl (C=O) groups is 1. The van der Waals surface area contributed by atoms with Crippen molar-refractivity contribution < 1.29 is 17.9 Å². The van der Waals surface area contributed by atoms with E-state index >= 15 is 0 Å². The minimum Gasteiger partial charge on any atom is -0.382 e. The Bertz CT molecular complexity index is 771. The van der Waals surface area contributed by atoms with Crippen LogP contribution < -0.4 is 9.62 Å². The number of carbonyl (C=O) groups excluding carboxylic acids is 1. The van der Waals surface area contributed by atoms with Gasteiger partial charge in [-0.3, -0.25) is 9.10 Å². The van der Waals surface area contributed by atoms with Gasteiger partial charge < -0.3 is 10.1 Å². The summed E-state index contributed by atoms with van der Waals surface area (Å²) >= 11 is 1.17. The molecular weight excluding hydrogens is 360 g/mol. The Morgan fingerprint density at radius 2 is 1.96 bits per heavy atom. The van der Waals surface area contributed by atoms with Gasteiger partial charge in [0.25, 0.3) is 15.9 Å². The molecule has 0 aliphatic carbocycles. The second kappa shape index (κ2) is 8.98. The number of hydrogen-bond donors (Lipinski definition) is 1. The lowest BCUT2D eigenvalue weighted by atomic mass is 10.2. The van der Waals surface area contributed by atoms with Gasteiger partial charge in [-0.15, -0.1) is 11.3 Å². The third-order valence-corrected chi connectivity index (χ3v) is 6.72. The maximum atomic E-state index is 12.5. The van der Waals surface area contributed by atoms with E-state index in [0.29, 0.717) is 31.0 Å². The lowest BCUT2D eigenvalue weighted by Gasteiger charge is -2.18. The molecular formula is C17H22N2O4S2. The van der Waals surface area contributed by atoms with Gasteiger partial charge >= 0.3 is 0 Å². The van der Waals surface area contributed by atoms with Crippen LogP contribution >= 0.6 is 11.3 Å². The van der Waals surface area contributed by atoms with Gasteiger partial charge in [-0.2, -0.15) is 0 Å². The Kier molecular flexibility index (Phi) is 6.98. The van der Waals surface area contributed by atoms with Crippen molar-refractivity contribution in [2.24, 2.45) is 0 Å². The van der Waals surface area contributed by atoms with E-state index in [1.54, 1.807) is 41.8 Å². The molecule has 8 heteroatoms. The molecule has 6 nitrogen and oxygen atoms in total. The van der Waals surface area contributed by atoms with Gasteiger partial charge in [0.05, 0.1) is 5.69 Å². The summed E-state index contributed by atoms with van der Waals surface area (Å²) in [6, 6.07) is 9.76. The van der Waals surface area contributed by atoms with Crippen molar-refractivity contribution in [3.05, 3.63) is 47.3 Å². The largest absolute Gasteiger partial charge is 0.382 e. The van der Waals surface area contributed by atoms with Gasteiger partial charge in [0.2, 0.25) is 0 Å². The molecule has 2 rings (SSSR count). The number of anilines is 1. The van der Waals surface area contributed by atoms with Crippen molar-refractivity contribution in [1.82, 2.24) is 5.32 Å². The van der Waals surface area contributed by atoms with E-state index in [1.807, 2.05) is 6.92 Å². The van der Waals surface area contributed by atoms with Crippen molar-refractivity contribution >= 4 is 33.0 Å². The van der Waals surface area contributed by atoms with Gasteiger partial charge in [0, 0.05) is 32.4 Å². The van der Waals surface area contributed by atoms with E-state index < -0.39 is 10.0 Å². The van der Waals surface area contributed by atoms with Crippen LogP contribution in [0.3, 0.4) is 0 Å². The molecule has 0 fully saturated rings. The summed E-state index contributed by atoms with van der Waals surface area (Å²) in [5.41, 5.74) is 0.989. The molecule has 1 aromatic heterocycles. The fourth-order valence-corrected chi connectivity index (χ4v) is 4.49. The Balaban J connectivity index is 1.98. The van der Waals surface area contributed by atoms with Crippen molar-refractivity contribution in [1.29, 1.82) is 0 Å². The van der Waals surface area contributed by atoms with Crippen LogP contribution in [0.25, 0.3) is 0 Å². The summed E-state index contributed by atoms with van der Waals surface area (Å²) < 4.78 is 31.7. The molecule has 1 heterocycles. The fraction of sp³-hybridized carbons (Fsp3) is 0.353. The molecule has 0 bridgehead atoms. The van der Waals surface area contributed by atoms with Gasteiger partial charge in [-0.25, -0.2) is 8.42 Å². The maximum absolute atomic E-state index is 12.5. The maximum Gasteiger partial charge on any atom is 0.273 e. The molecule has 0 saturated heterocycles. The first-order chi connectivity index (χ1) is 12.0. The van der Waals surface area contributed by atoms with Crippen LogP contribution in [0, 0.1) is 0 Å². The lowest BCUT2D eigenvalue weighted by molar-refractivity contribution is 0.0944. The number of ether oxygens (including phenoxy) is 1. The molecule has 0 aliphatic heterocycles. The van der Waals surface area contributed by atoms with Crippen LogP contribution in [0.15, 0.2) is 46.0 Å². The molecule has 2 aromatic rings. The first-order valence-corrected chi connectivity index (χ1v) is 10.3. The number of nitrogens with zero attached hydrogens (tertiary/aromatic N) is 1. The smallest absolute Gasteiger partial charge is 0.273 e. The highest BCUT2D eigenvalue weighted by molar-refractivity contribution is 7.94. The van der Waals surface area contributed by atoms with E-state index in [0.717, 1.165) is 6.42 Å². The summed E-state index contributed by atoms with van der Waals surface area (Å²) in [6.45, 7) is 3.74. The minimum atomic E-state index is -3.57. The monoisotopic (exact) mass is 382 g/mol. The molecule has 136 valence electrons. The van der Waals surface area contributed by atoms with Crippen LogP contribution in [0.2, 0.25) is 0 Å². The van der Waals surface area contributed by atoms with Crippen molar-refractivity contribution in [3.8, 4) is 0 Å². The van der Waals surface area contributed by atoms with Crippen LogP contribution in [-0.2, 0) is 14.8 Å². The van der Waals surface area contributed by atoms with Crippen molar-refractivity contribution in [2.45, 2.75) is 17.6 Å². The highest BCUT2D eigenvalue weighted by atomic mass is 32.2. The second-order valence-corrected chi connectivity index (χ2v) is 8.40. The zero-order valence-electron chi connectivity index (χ0n) is 14.3. The Morgan fingerprint density at radius 3 is 2.56 bits per heavy atom. The van der Waals surface area contributed by atoms with Gasteiger partial charge in [-0.05, 0) is 49.1 Å². The number of nitrogens with one attached hydrogen (secondary N) is 1. The Labute approximate surface area is 152 Å². The standard InChI is InChI=1S/C17H22N2O4S2/c1-3-23-12-5-11-18-17(20)14-7-9-15(10-8-14)19(2)25(21,22)16-6-4-13-24-16/h4,6-10,13H,3,5,11-12H2,1-2H3,(H,18,20). The van der Waals surface area contributed by atoms with Gasteiger partial charge in [0.15, 0.2) is 0 Å². The number of benzene rings is 1. The summed E-state index contributed by atoms with van der Waals surface area (Å²) in [4.78, 5) is 12.1. The summed E-state index contributed by atoms with van der Waals surface area (Å²) in [7, 11) is -2.07. The third kappa shape index (κ3) is 5.04. The molecule has 25 heavy (non-hydrogen) atoms. The second-order valence-electron chi connectivity index (χ2n) is 5.26. The highest BCUT2D eigenvalue weighted by Gasteiger charge is 2.22. The normalized spacial score (nSPS) is 11.3. The number of sulfonamides is 1. The van der Waals surface area contributed by atoms with Crippen molar-refractivity contribution in [3.63, 3.8) is 0 Å². The van der Waals surface area contributed by atoms with Gasteiger partial charge in [-0.1, -0.05) is 6.07 Å². The Morgan fingerprint density at radius 1 is 1.24 bits per heavy atom. The topological polar surface area (TPSA) is 75.7 Å². The third-order valence-electron chi connectivity index (χ3n) is 3.56. The first-order valence-electron chi connectivity index (χ1n) is 7.95. The van der Waals surface area contributed by atoms with E-state index in [1.165, 1.54) is 22.7 Å². The molecule has 0 radical (unpaired) electrons. The molecule has 0 unspecified atom stereocenters. The van der Waals surface area contributed by atoms with Crippen molar-refractivity contribution in [2.75, 3.05) is 31.1 Å². The van der Waals surface area contributed by atoms with E-state index in [2.05, 4.69) is 5.32 Å². The molecule has 0 atom stereocenters. The zero-order chi connectivity index (χ0) is 18.3. The quantitative estimate of drug-likeness (QED) is 0.677. The summed E-state index contributed by atoms with van der Waals surface area (Å²) in [5, 5.41) is 4.53. The zero-order valence-corrected chi connectivity index (χ0v) is 15.9. The molecule has 1 N–H and O–H groups in total. The molecule has 1 aromatic carbocycles. The number of hydrogen-bond acceptors (Lipinski definition) is 5. The number of rotatable bonds is 9. The van der Waals surface area contributed by atoms with Crippen LogP contribution in [-0.4, -0.2) is 41.1 Å². The first kappa shape index (κ1) is 19.4. The number of amides is 1. The van der Waals surface area contributed by atoms with Crippen LogP contribution in [0.1, 0.15) is 23.7 Å². The molecule has 0 saturated carbocycles. The lowest BCUT2D eigenvalue weighted by Crippen LogP contribution is -2.27. The summed E-state index contributed by atoms with van der Waals surface area (Å²) in [5.74, 6) is -0.188. The average molecular weight is 383 g/mol. The average Bonchev–Trinajstić information content (AvgIpc) is 3.16. The van der Waals surface area contributed by atoms with E-state index in [-0.39, 0.29) is 10.1 Å². The fourth-order valence-electron chi connectivity index (χ4n) is 2.13. The minimum absolute atomic E-state index is 0.188. The van der Waals surface area contributed by atoms with Crippen LogP contribution in [0.5, 0.6) is 0 Å². The van der Waals surface area contributed by atoms with Crippen LogP contribution in [0.4, 0.5) is 5.69 Å². The Hall–Kier alpha value is -1.90. The predicted octanol–water partition coefficient (Wildman–Crippen LogP) is 2.73. The molecule has 1 amide bonds. The predicted molar refractivity (Wildman–Crippen MR) is 99.8 cm³/mol. The van der Waals surface area contributed by atoms with Gasteiger partial charge in [0.1, 0.15) is 4.21 Å². The van der Waals surface area contributed by atoms with E-state index in [9.17, 15) is 13.2 Å². The molecule has 0 aliphatic rings. The summed E-state index contributed by atoms with van der Waals surface area (Å²) in [6.07, 6.45) is 0.749. The van der Waals surface area contributed by atoms with E-state index in [4.69, 9.17) is 4.74 Å². The number of thiophene rings is 1. The SMILES string of the molecule is CCOCCCNC(=O)c1ccc(N(C)S(=O)(=O)c2cccs2)cc1. The highest BCUT2D eigenvalue weighted by Crippen LogP contribution is 2.25. The molecule has 0 spiro atoms.